The molecule has 0 saturated heterocycles. The monoisotopic (exact) mass is 367 g/mol. The Hall–Kier alpha value is -3.20. The summed E-state index contributed by atoms with van der Waals surface area (Å²) in [5.74, 6) is -0.339. The zero-order valence-corrected chi connectivity index (χ0v) is 15.9. The van der Waals surface area contributed by atoms with Crippen LogP contribution in [-0.4, -0.2) is 35.7 Å². The van der Waals surface area contributed by atoms with Crippen LogP contribution in [0.5, 0.6) is 0 Å². The van der Waals surface area contributed by atoms with E-state index in [-0.39, 0.29) is 17.6 Å². The highest BCUT2D eigenvalue weighted by atomic mass is 19.1. The minimum atomic E-state index is -0.287. The van der Waals surface area contributed by atoms with Crippen molar-refractivity contribution >= 4 is 11.8 Å². The van der Waals surface area contributed by atoms with Crippen LogP contribution in [0, 0.1) is 17.1 Å². The van der Waals surface area contributed by atoms with Gasteiger partial charge in [-0.2, -0.15) is 5.26 Å². The van der Waals surface area contributed by atoms with Gasteiger partial charge in [-0.1, -0.05) is 19.9 Å². The molecular weight excluding hydrogens is 345 g/mol. The standard InChI is InChI=1S/C10H8N2O.C9H8FNO.C2H6/c1-12-6-8-4-7(5-11)2-3-9(8)10(12)13;1-11-5-7-6(9(11)12)3-2-4-8(7)10;1-2/h2-4H,6H2,1H3;2-4H,5H2,1H3;1-2H3. The van der Waals surface area contributed by atoms with Crippen molar-refractivity contribution in [3.63, 3.8) is 0 Å². The van der Waals surface area contributed by atoms with Crippen molar-refractivity contribution in [2.45, 2.75) is 26.9 Å². The van der Waals surface area contributed by atoms with Crippen molar-refractivity contribution in [1.82, 2.24) is 9.80 Å². The molecule has 2 amide bonds. The van der Waals surface area contributed by atoms with E-state index in [1.165, 1.54) is 11.0 Å². The van der Waals surface area contributed by atoms with Crippen LogP contribution in [0.25, 0.3) is 0 Å². The number of rotatable bonds is 0. The third-order valence-electron chi connectivity index (χ3n) is 4.31. The molecule has 2 heterocycles. The fraction of sp³-hybridized carbons (Fsp3) is 0.286. The van der Waals surface area contributed by atoms with Crippen LogP contribution in [0.1, 0.15) is 51.3 Å². The predicted molar refractivity (Wildman–Crippen MR) is 101 cm³/mol. The molecule has 2 aliphatic rings. The van der Waals surface area contributed by atoms with Crippen LogP contribution >= 0.6 is 0 Å². The van der Waals surface area contributed by atoms with Gasteiger partial charge in [-0.25, -0.2) is 4.39 Å². The molecule has 0 radical (unpaired) electrons. The largest absolute Gasteiger partial charge is 0.337 e. The summed E-state index contributed by atoms with van der Waals surface area (Å²) < 4.78 is 13.1. The lowest BCUT2D eigenvalue weighted by atomic mass is 10.1. The molecule has 2 aromatic carbocycles. The second-order valence-electron chi connectivity index (χ2n) is 6.07. The molecule has 0 bridgehead atoms. The van der Waals surface area contributed by atoms with Crippen molar-refractivity contribution in [2.75, 3.05) is 14.1 Å². The van der Waals surface area contributed by atoms with Crippen LogP contribution in [0.2, 0.25) is 0 Å². The van der Waals surface area contributed by atoms with Crippen LogP contribution in [0.3, 0.4) is 0 Å². The van der Waals surface area contributed by atoms with Gasteiger partial charge in [0, 0.05) is 43.9 Å². The summed E-state index contributed by atoms with van der Waals surface area (Å²) in [6.45, 7) is 5.00. The Labute approximate surface area is 158 Å². The van der Waals surface area contributed by atoms with Crippen LogP contribution in [0.4, 0.5) is 4.39 Å². The normalized spacial score (nSPS) is 13.8. The summed E-state index contributed by atoms with van der Waals surface area (Å²) in [4.78, 5) is 25.9. The van der Waals surface area contributed by atoms with Crippen molar-refractivity contribution in [2.24, 2.45) is 0 Å². The SMILES string of the molecule is CC.CN1Cc2c(F)cccc2C1=O.CN1Cc2cc(C#N)ccc2C1=O. The molecule has 0 N–H and O–H groups in total. The first kappa shape index (κ1) is 20.1. The maximum absolute atomic E-state index is 13.1. The van der Waals surface area contributed by atoms with Crippen LogP contribution in [-0.2, 0) is 13.1 Å². The molecule has 0 fully saturated rings. The van der Waals surface area contributed by atoms with Gasteiger partial charge >= 0.3 is 0 Å². The molecule has 4 rings (SSSR count). The average Bonchev–Trinajstić information content (AvgIpc) is 3.14. The number of benzene rings is 2. The summed E-state index contributed by atoms with van der Waals surface area (Å²) in [5, 5.41) is 8.65. The summed E-state index contributed by atoms with van der Waals surface area (Å²) in [5.41, 5.74) is 3.30. The van der Waals surface area contributed by atoms with Gasteiger partial charge in [0.2, 0.25) is 0 Å². The van der Waals surface area contributed by atoms with Crippen molar-refractivity contribution in [3.8, 4) is 6.07 Å². The topological polar surface area (TPSA) is 64.4 Å². The predicted octanol–water partition coefficient (Wildman–Crippen LogP) is 3.58. The molecular formula is C21H22FN3O2. The molecule has 0 atom stereocenters. The lowest BCUT2D eigenvalue weighted by Gasteiger charge is -2.04. The van der Waals surface area contributed by atoms with Gasteiger partial charge < -0.3 is 9.80 Å². The van der Waals surface area contributed by atoms with E-state index in [0.29, 0.717) is 29.8 Å². The Bertz CT molecular complexity index is 918. The number of amides is 2. The Morgan fingerprint density at radius 2 is 1.59 bits per heavy atom. The Kier molecular flexibility index (Phi) is 6.30. The second kappa shape index (κ2) is 8.45. The zero-order chi connectivity index (χ0) is 20.1. The molecule has 140 valence electrons. The number of hydrogen-bond donors (Lipinski definition) is 0. The first-order valence-corrected chi connectivity index (χ1v) is 8.73. The minimum Gasteiger partial charge on any atom is -0.337 e. The smallest absolute Gasteiger partial charge is 0.254 e. The third kappa shape index (κ3) is 3.98. The third-order valence-corrected chi connectivity index (χ3v) is 4.31. The van der Waals surface area contributed by atoms with Crippen LogP contribution in [0.15, 0.2) is 36.4 Å². The van der Waals surface area contributed by atoms with E-state index < -0.39 is 0 Å². The van der Waals surface area contributed by atoms with Gasteiger partial charge in [-0.05, 0) is 35.9 Å². The maximum Gasteiger partial charge on any atom is 0.254 e. The van der Waals surface area contributed by atoms with Crippen molar-refractivity contribution in [1.29, 1.82) is 5.26 Å². The highest BCUT2D eigenvalue weighted by molar-refractivity contribution is 5.98. The number of carbonyl (C=O) groups is 2. The lowest BCUT2D eigenvalue weighted by Crippen LogP contribution is -2.17. The molecule has 0 unspecified atom stereocenters. The molecule has 27 heavy (non-hydrogen) atoms. The van der Waals surface area contributed by atoms with E-state index in [9.17, 15) is 14.0 Å². The maximum atomic E-state index is 13.1. The zero-order valence-electron chi connectivity index (χ0n) is 15.9. The van der Waals surface area contributed by atoms with E-state index in [4.69, 9.17) is 5.26 Å². The summed E-state index contributed by atoms with van der Waals surface area (Å²) >= 11 is 0. The molecule has 0 spiro atoms. The number of carbonyl (C=O) groups excluding carboxylic acids is 2. The van der Waals surface area contributed by atoms with Crippen molar-refractivity contribution in [3.05, 3.63) is 70.0 Å². The van der Waals surface area contributed by atoms with Gasteiger partial charge in [0.15, 0.2) is 0 Å². The Morgan fingerprint density at radius 1 is 0.963 bits per heavy atom. The number of halogens is 1. The molecule has 2 aromatic rings. The molecule has 5 nitrogen and oxygen atoms in total. The second-order valence-corrected chi connectivity index (χ2v) is 6.07. The van der Waals surface area contributed by atoms with Crippen LogP contribution < -0.4 is 0 Å². The number of hydrogen-bond acceptors (Lipinski definition) is 3. The minimum absolute atomic E-state index is 0.0412. The highest BCUT2D eigenvalue weighted by Crippen LogP contribution is 2.23. The number of nitrogens with zero attached hydrogens (tertiary/aromatic N) is 3. The Morgan fingerprint density at radius 3 is 2.22 bits per heavy atom. The van der Waals surface area contributed by atoms with Gasteiger partial charge in [0.25, 0.3) is 11.8 Å². The molecule has 6 heteroatoms. The van der Waals surface area contributed by atoms with Gasteiger partial charge in [-0.15, -0.1) is 0 Å². The van der Waals surface area contributed by atoms with Gasteiger partial charge in [-0.3, -0.25) is 9.59 Å². The highest BCUT2D eigenvalue weighted by Gasteiger charge is 2.26. The first-order valence-electron chi connectivity index (χ1n) is 8.73. The van der Waals surface area contributed by atoms with Crippen molar-refractivity contribution < 1.29 is 14.0 Å². The van der Waals surface area contributed by atoms with E-state index in [0.717, 1.165) is 11.1 Å². The lowest BCUT2D eigenvalue weighted by molar-refractivity contribution is 0.0809. The quantitative estimate of drug-likeness (QED) is 0.715. The fourth-order valence-corrected chi connectivity index (χ4v) is 2.97. The van der Waals surface area contributed by atoms with E-state index in [1.54, 1.807) is 49.3 Å². The van der Waals surface area contributed by atoms with E-state index >= 15 is 0 Å². The Balaban J connectivity index is 0.000000178. The molecule has 0 aliphatic carbocycles. The average molecular weight is 367 g/mol. The fourth-order valence-electron chi connectivity index (χ4n) is 2.97. The molecule has 0 aromatic heterocycles. The first-order chi connectivity index (χ1) is 12.9. The summed E-state index contributed by atoms with van der Waals surface area (Å²) in [6, 6.07) is 11.8. The number of fused-ring (bicyclic) bond motifs is 2. The molecule has 0 saturated carbocycles. The van der Waals surface area contributed by atoms with Gasteiger partial charge in [0.1, 0.15) is 5.82 Å². The van der Waals surface area contributed by atoms with E-state index in [2.05, 4.69) is 6.07 Å². The summed E-state index contributed by atoms with van der Waals surface area (Å²) in [6.07, 6.45) is 0. The van der Waals surface area contributed by atoms with Gasteiger partial charge in [0.05, 0.1) is 11.6 Å². The van der Waals surface area contributed by atoms with E-state index in [1.807, 2.05) is 13.8 Å². The summed E-state index contributed by atoms with van der Waals surface area (Å²) in [7, 11) is 3.43. The molecule has 2 aliphatic heterocycles. The number of nitriles is 1.